The number of ether oxygens (including phenoxy) is 1. The molecule has 0 N–H and O–H groups in total. The maximum Gasteiger partial charge on any atom is 0.314 e. The van der Waals surface area contributed by atoms with E-state index in [0.717, 1.165) is 44.2 Å². The zero-order valence-electron chi connectivity index (χ0n) is 14.0. The topological polar surface area (TPSA) is 26.3 Å². The molecule has 144 valence electrons. The zero-order chi connectivity index (χ0) is 18.8. The molecule has 1 aromatic rings. The van der Waals surface area contributed by atoms with Crippen molar-refractivity contribution in [2.75, 3.05) is 0 Å². The number of hydrogen-bond donors (Lipinski definition) is 0. The molecule has 8 heteroatoms. The number of benzene rings is 1. The second-order valence-corrected chi connectivity index (χ2v) is 9.13. The Morgan fingerprint density at radius 2 is 1.60 bits per heavy atom. The Balaban J connectivity index is 1.92. The van der Waals surface area contributed by atoms with Crippen molar-refractivity contribution in [1.29, 1.82) is 0 Å². The molecule has 1 aliphatic carbocycles. The second kappa shape index (κ2) is 6.45. The van der Waals surface area contributed by atoms with Crippen LogP contribution < -0.4 is 4.74 Å². The molecule has 2 rings (SSSR count). The smallest absolute Gasteiger partial charge is 0.314 e. The first-order valence-corrected chi connectivity index (χ1v) is 10.4. The molecule has 0 spiro atoms. The molecule has 0 saturated heterocycles. The summed E-state index contributed by atoms with van der Waals surface area (Å²) >= 11 is 0. The van der Waals surface area contributed by atoms with Gasteiger partial charge < -0.3 is 4.74 Å². The molecule has 0 aliphatic heterocycles. The molecule has 1 aliphatic rings. The van der Waals surface area contributed by atoms with E-state index in [-0.39, 0.29) is 23.8 Å². The lowest BCUT2D eigenvalue weighted by atomic mass is 9.80. The van der Waals surface area contributed by atoms with Crippen LogP contribution in [0, 0.1) is 11.8 Å². The lowest BCUT2D eigenvalue weighted by Gasteiger charge is -2.40. The number of carbonyl (C=O) groups excluding carboxylic acids is 1. The molecule has 0 amide bonds. The van der Waals surface area contributed by atoms with Gasteiger partial charge in [-0.3, -0.25) is 4.79 Å². The van der Waals surface area contributed by atoms with E-state index in [2.05, 4.69) is 6.92 Å². The van der Waals surface area contributed by atoms with E-state index in [9.17, 15) is 24.2 Å². The summed E-state index contributed by atoms with van der Waals surface area (Å²) in [7, 11) is -9.69. The van der Waals surface area contributed by atoms with Gasteiger partial charge in [-0.15, -0.1) is 0 Å². The molecule has 1 saturated carbocycles. The fourth-order valence-electron chi connectivity index (χ4n) is 3.14. The van der Waals surface area contributed by atoms with Gasteiger partial charge in [0.05, 0.1) is 5.92 Å². The molecule has 2 nitrogen and oxygen atoms in total. The molecule has 0 unspecified atom stereocenters. The fraction of sp³-hybridized carbons (Fsp3) is 0.588. The monoisotopic (exact) mass is 386 g/mol. The van der Waals surface area contributed by atoms with Crippen LogP contribution >= 0.6 is 10.2 Å². The number of esters is 1. The maximum atomic E-state index is 12.6. The summed E-state index contributed by atoms with van der Waals surface area (Å²) in [6.07, 6.45) is 6.70. The third-order valence-electron chi connectivity index (χ3n) is 4.63. The largest absolute Gasteiger partial charge is 0.426 e. The predicted octanol–water partition coefficient (Wildman–Crippen LogP) is 7.25. The Hall–Kier alpha value is -1.31. The van der Waals surface area contributed by atoms with E-state index in [1.54, 1.807) is 0 Å². The van der Waals surface area contributed by atoms with Crippen LogP contribution in [0.5, 0.6) is 5.75 Å². The minimum atomic E-state index is -9.69. The van der Waals surface area contributed by atoms with E-state index in [4.69, 9.17) is 4.74 Å². The van der Waals surface area contributed by atoms with Crippen LogP contribution in [-0.4, -0.2) is 5.97 Å². The van der Waals surface area contributed by atoms with Gasteiger partial charge in [0.2, 0.25) is 0 Å². The minimum absolute atomic E-state index is 0.149. The van der Waals surface area contributed by atoms with Crippen molar-refractivity contribution in [3.63, 3.8) is 0 Å². The number of rotatable bonds is 6. The molecule has 1 fully saturated rings. The fourth-order valence-corrected chi connectivity index (χ4v) is 3.79. The number of hydrogen-bond acceptors (Lipinski definition) is 2. The normalized spacial score (nSPS) is 24.2. The summed E-state index contributed by atoms with van der Waals surface area (Å²) in [5.74, 6) is -0.327. The van der Waals surface area contributed by atoms with Crippen LogP contribution in [-0.2, 0) is 4.79 Å². The summed E-state index contributed by atoms with van der Waals surface area (Å²) < 4.78 is 68.3. The quantitative estimate of drug-likeness (QED) is 0.292. The molecular formula is C17H23F5O2S. The van der Waals surface area contributed by atoms with E-state index in [0.29, 0.717) is 18.8 Å². The first kappa shape index (κ1) is 20.0. The average Bonchev–Trinajstić information content (AvgIpc) is 2.51. The third-order valence-corrected chi connectivity index (χ3v) is 5.80. The van der Waals surface area contributed by atoms with Crippen LogP contribution in [0.3, 0.4) is 0 Å². The number of unbranched alkanes of at least 4 members (excludes halogenated alkanes) is 1. The van der Waals surface area contributed by atoms with Crippen molar-refractivity contribution in [3.8, 4) is 5.75 Å². The first-order valence-electron chi connectivity index (χ1n) is 8.45. The van der Waals surface area contributed by atoms with Crippen molar-refractivity contribution in [2.24, 2.45) is 11.8 Å². The van der Waals surface area contributed by atoms with Crippen LogP contribution in [0.1, 0.15) is 51.9 Å². The lowest BCUT2D eigenvalue weighted by Crippen LogP contribution is -2.25. The Morgan fingerprint density at radius 1 is 1.04 bits per heavy atom. The predicted molar refractivity (Wildman–Crippen MR) is 88.4 cm³/mol. The van der Waals surface area contributed by atoms with Crippen molar-refractivity contribution in [2.45, 2.75) is 56.8 Å². The summed E-state index contributed by atoms with van der Waals surface area (Å²) in [4.78, 5) is 10.1. The van der Waals surface area contributed by atoms with Crippen LogP contribution in [0.15, 0.2) is 29.2 Å². The van der Waals surface area contributed by atoms with Gasteiger partial charge in [0.1, 0.15) is 10.6 Å². The highest BCUT2D eigenvalue weighted by molar-refractivity contribution is 8.45. The van der Waals surface area contributed by atoms with E-state index in [1.165, 1.54) is 0 Å². The van der Waals surface area contributed by atoms with Crippen molar-refractivity contribution >= 4 is 16.2 Å². The molecule has 0 bridgehead atoms. The highest BCUT2D eigenvalue weighted by atomic mass is 32.5. The maximum absolute atomic E-state index is 12.6. The molecular weight excluding hydrogens is 363 g/mol. The van der Waals surface area contributed by atoms with Gasteiger partial charge >= 0.3 is 16.2 Å². The van der Waals surface area contributed by atoms with E-state index < -0.39 is 21.1 Å². The molecule has 0 atom stereocenters. The molecule has 25 heavy (non-hydrogen) atoms. The third kappa shape index (κ3) is 5.87. The average molecular weight is 386 g/mol. The van der Waals surface area contributed by atoms with Crippen molar-refractivity contribution < 1.29 is 29.0 Å². The van der Waals surface area contributed by atoms with Crippen molar-refractivity contribution in [1.82, 2.24) is 0 Å². The van der Waals surface area contributed by atoms with E-state index >= 15 is 0 Å². The number of carbonyl (C=O) groups is 1. The molecule has 0 heterocycles. The second-order valence-electron chi connectivity index (χ2n) is 6.72. The van der Waals surface area contributed by atoms with Gasteiger partial charge in [-0.1, -0.05) is 45.6 Å². The summed E-state index contributed by atoms with van der Waals surface area (Å²) in [6, 6.07) is 2.04. The highest BCUT2D eigenvalue weighted by Crippen LogP contribution is 3.02. The Morgan fingerprint density at radius 3 is 2.08 bits per heavy atom. The Labute approximate surface area is 144 Å². The minimum Gasteiger partial charge on any atom is -0.426 e. The van der Waals surface area contributed by atoms with Crippen molar-refractivity contribution in [3.05, 3.63) is 24.3 Å². The zero-order valence-corrected chi connectivity index (χ0v) is 14.8. The van der Waals surface area contributed by atoms with Crippen LogP contribution in [0.2, 0.25) is 0 Å². The van der Waals surface area contributed by atoms with Crippen LogP contribution in [0.25, 0.3) is 0 Å². The SMILES string of the molecule is CCCCC1CCC(C(=O)Oc2ccc(S(F)(F)(F)(F)F)cc2)CC1. The molecule has 0 radical (unpaired) electrons. The summed E-state index contributed by atoms with van der Waals surface area (Å²) in [5, 5.41) is 0. The highest BCUT2D eigenvalue weighted by Gasteiger charge is 2.65. The van der Waals surface area contributed by atoms with Gasteiger partial charge in [0.15, 0.2) is 0 Å². The Bertz CT molecular complexity index is 604. The first-order chi connectivity index (χ1) is 11.4. The van der Waals surface area contributed by atoms with E-state index in [1.807, 2.05) is 0 Å². The lowest BCUT2D eigenvalue weighted by molar-refractivity contribution is -0.140. The molecule has 1 aromatic carbocycles. The van der Waals surface area contributed by atoms with Crippen LogP contribution in [0.4, 0.5) is 19.4 Å². The molecule has 0 aromatic heterocycles. The van der Waals surface area contributed by atoms with Gasteiger partial charge in [-0.05, 0) is 55.9 Å². The Kier molecular flexibility index (Phi) is 5.16. The standard InChI is InChI=1S/C17H23F5O2S/c1-2-3-4-13-5-7-14(8-6-13)17(23)24-15-9-11-16(12-10-15)25(18,19,20,21)22/h9-14H,2-8H2,1H3. The van der Waals surface area contributed by atoms with Gasteiger partial charge in [-0.25, -0.2) is 0 Å². The summed E-state index contributed by atoms with van der Waals surface area (Å²) in [6.45, 7) is 2.13. The number of halogens is 5. The van der Waals surface area contributed by atoms with Gasteiger partial charge in [-0.2, -0.15) is 0 Å². The summed E-state index contributed by atoms with van der Waals surface area (Å²) in [5.41, 5.74) is 0. The van der Waals surface area contributed by atoms with Gasteiger partial charge in [0, 0.05) is 0 Å². The van der Waals surface area contributed by atoms with Gasteiger partial charge in [0.25, 0.3) is 0 Å².